The number of nitrogens with one attached hydrogen (secondary N) is 3. The van der Waals surface area contributed by atoms with E-state index in [1.807, 2.05) is 18.2 Å². The minimum atomic E-state index is -0.266. The first-order valence-electron chi connectivity index (χ1n) is 9.65. The number of aromatic nitrogens is 1. The summed E-state index contributed by atoms with van der Waals surface area (Å²) in [6.45, 7) is 2.01. The highest BCUT2D eigenvalue weighted by Crippen LogP contribution is 2.29. The van der Waals surface area contributed by atoms with Crippen LogP contribution in [0.15, 0.2) is 66.9 Å². The van der Waals surface area contributed by atoms with E-state index in [2.05, 4.69) is 15.6 Å². The van der Waals surface area contributed by atoms with Gasteiger partial charge in [0.05, 0.1) is 23.0 Å². The minimum absolute atomic E-state index is 0.238. The molecule has 3 N–H and O–H groups in total. The van der Waals surface area contributed by atoms with Gasteiger partial charge in [0.15, 0.2) is 0 Å². The fourth-order valence-corrected chi connectivity index (χ4v) is 3.48. The van der Waals surface area contributed by atoms with E-state index in [1.54, 1.807) is 48.7 Å². The molecule has 0 saturated carbocycles. The van der Waals surface area contributed by atoms with Crippen LogP contribution < -0.4 is 10.6 Å². The lowest BCUT2D eigenvalue weighted by atomic mass is 10.0. The molecule has 3 aromatic rings. The average molecular weight is 421 g/mol. The molecule has 4 rings (SSSR count). The Labute approximate surface area is 179 Å². The lowest BCUT2D eigenvalue weighted by Gasteiger charge is -2.24. The zero-order valence-electron chi connectivity index (χ0n) is 16.2. The van der Waals surface area contributed by atoms with Crippen molar-refractivity contribution in [1.29, 1.82) is 5.41 Å². The third-order valence-corrected chi connectivity index (χ3v) is 5.20. The maximum atomic E-state index is 12.7. The minimum Gasteiger partial charge on any atom is -0.369 e. The summed E-state index contributed by atoms with van der Waals surface area (Å²) < 4.78 is 5.63. The Balaban J connectivity index is 1.47. The van der Waals surface area contributed by atoms with Gasteiger partial charge in [0.2, 0.25) is 0 Å². The van der Waals surface area contributed by atoms with Crippen LogP contribution in [0.2, 0.25) is 5.02 Å². The lowest BCUT2D eigenvalue weighted by molar-refractivity contribution is 0.0710. The van der Waals surface area contributed by atoms with Crippen LogP contribution in [0, 0.1) is 5.41 Å². The molecule has 1 amide bonds. The van der Waals surface area contributed by atoms with Crippen LogP contribution in [0.25, 0.3) is 11.3 Å². The highest BCUT2D eigenvalue weighted by atomic mass is 35.5. The summed E-state index contributed by atoms with van der Waals surface area (Å²) in [5.74, 6) is -0.238. The molecule has 1 aliphatic heterocycles. The van der Waals surface area contributed by atoms with Crippen molar-refractivity contribution in [2.45, 2.75) is 6.10 Å². The maximum absolute atomic E-state index is 12.7. The first kappa shape index (κ1) is 20.2. The largest absolute Gasteiger partial charge is 0.369 e. The summed E-state index contributed by atoms with van der Waals surface area (Å²) in [5.41, 5.74) is 3.77. The molecule has 30 heavy (non-hydrogen) atoms. The van der Waals surface area contributed by atoms with Crippen molar-refractivity contribution in [2.24, 2.45) is 0 Å². The summed E-state index contributed by atoms with van der Waals surface area (Å²) in [5, 5.41) is 15.0. The van der Waals surface area contributed by atoms with Gasteiger partial charge < -0.3 is 20.8 Å². The molecule has 0 radical (unpaired) electrons. The predicted molar refractivity (Wildman–Crippen MR) is 119 cm³/mol. The number of anilines is 1. The molecular weight excluding hydrogens is 400 g/mol. The van der Waals surface area contributed by atoms with Crippen LogP contribution in [-0.4, -0.2) is 42.4 Å². The van der Waals surface area contributed by atoms with Gasteiger partial charge >= 0.3 is 0 Å². The van der Waals surface area contributed by atoms with Gasteiger partial charge in [0.1, 0.15) is 6.10 Å². The number of ether oxygens (including phenoxy) is 1. The Bertz CT molecular complexity index is 1050. The zero-order chi connectivity index (χ0) is 20.9. The summed E-state index contributed by atoms with van der Waals surface area (Å²) in [4.78, 5) is 17.0. The highest BCUT2D eigenvalue weighted by Gasteiger charge is 2.20. The lowest BCUT2D eigenvalue weighted by Crippen LogP contribution is -2.43. The van der Waals surface area contributed by atoms with E-state index in [0.717, 1.165) is 23.4 Å². The first-order chi connectivity index (χ1) is 14.6. The number of carbonyl (C=O) groups is 1. The van der Waals surface area contributed by atoms with Crippen molar-refractivity contribution in [2.75, 3.05) is 25.0 Å². The SMILES string of the molecule is N=C(c1ccc(C(=O)Nc2ccc(Cl)c(-c3ccccn3)c2)cc1)C1CNCCO1. The van der Waals surface area contributed by atoms with Crippen molar-refractivity contribution in [3.05, 3.63) is 83.0 Å². The molecule has 0 spiro atoms. The van der Waals surface area contributed by atoms with Gasteiger partial charge in [-0.05, 0) is 48.0 Å². The van der Waals surface area contributed by atoms with Crippen LogP contribution >= 0.6 is 11.6 Å². The second-order valence-corrected chi connectivity index (χ2v) is 7.33. The van der Waals surface area contributed by atoms with Gasteiger partial charge in [-0.1, -0.05) is 29.8 Å². The number of hydrogen-bond donors (Lipinski definition) is 3. The molecular formula is C23H21ClN4O2. The third kappa shape index (κ3) is 4.57. The summed E-state index contributed by atoms with van der Waals surface area (Å²) >= 11 is 6.31. The number of rotatable bonds is 5. The number of hydrogen-bond acceptors (Lipinski definition) is 5. The molecule has 1 saturated heterocycles. The van der Waals surface area contributed by atoms with Crippen LogP contribution in [0.3, 0.4) is 0 Å². The molecule has 1 aromatic heterocycles. The fraction of sp³-hybridized carbons (Fsp3) is 0.174. The number of pyridine rings is 1. The smallest absolute Gasteiger partial charge is 0.255 e. The first-order valence-corrected chi connectivity index (χ1v) is 10.0. The van der Waals surface area contributed by atoms with Crippen LogP contribution in [0.5, 0.6) is 0 Å². The van der Waals surface area contributed by atoms with Crippen molar-refractivity contribution in [3.8, 4) is 11.3 Å². The van der Waals surface area contributed by atoms with Crippen LogP contribution in [0.4, 0.5) is 5.69 Å². The average Bonchev–Trinajstić information content (AvgIpc) is 2.81. The van der Waals surface area contributed by atoms with Crippen molar-refractivity contribution < 1.29 is 9.53 Å². The third-order valence-electron chi connectivity index (χ3n) is 4.87. The van der Waals surface area contributed by atoms with E-state index >= 15 is 0 Å². The second-order valence-electron chi connectivity index (χ2n) is 6.92. The summed E-state index contributed by atoms with van der Waals surface area (Å²) in [6.07, 6.45) is 1.43. The summed E-state index contributed by atoms with van der Waals surface area (Å²) in [6, 6.07) is 17.9. The van der Waals surface area contributed by atoms with Crippen molar-refractivity contribution >= 4 is 28.9 Å². The molecule has 1 unspecified atom stereocenters. The number of morpholine rings is 1. The Hall–Kier alpha value is -3.06. The van der Waals surface area contributed by atoms with Gasteiger partial charge in [-0.3, -0.25) is 9.78 Å². The van der Waals surface area contributed by atoms with E-state index in [1.165, 1.54) is 0 Å². The Morgan fingerprint density at radius 2 is 1.93 bits per heavy atom. The topological polar surface area (TPSA) is 87.1 Å². The molecule has 2 heterocycles. The fourth-order valence-electron chi connectivity index (χ4n) is 3.26. The van der Waals surface area contributed by atoms with E-state index in [0.29, 0.717) is 35.1 Å². The molecule has 1 fully saturated rings. The molecule has 152 valence electrons. The van der Waals surface area contributed by atoms with Crippen LogP contribution in [0.1, 0.15) is 15.9 Å². The monoisotopic (exact) mass is 420 g/mol. The molecule has 0 bridgehead atoms. The molecule has 1 atom stereocenters. The van der Waals surface area contributed by atoms with Gasteiger partial charge in [0.25, 0.3) is 5.91 Å². The second kappa shape index (κ2) is 9.17. The molecule has 2 aromatic carbocycles. The van der Waals surface area contributed by atoms with E-state index < -0.39 is 0 Å². The zero-order valence-corrected chi connectivity index (χ0v) is 16.9. The van der Waals surface area contributed by atoms with E-state index in [4.69, 9.17) is 21.7 Å². The molecule has 6 nitrogen and oxygen atoms in total. The Morgan fingerprint density at radius 1 is 1.13 bits per heavy atom. The summed E-state index contributed by atoms with van der Waals surface area (Å²) in [7, 11) is 0. The number of benzene rings is 2. The Morgan fingerprint density at radius 3 is 2.63 bits per heavy atom. The normalized spacial score (nSPS) is 16.1. The predicted octanol–water partition coefficient (Wildman–Crippen LogP) is 4.01. The van der Waals surface area contributed by atoms with E-state index in [-0.39, 0.29) is 12.0 Å². The van der Waals surface area contributed by atoms with Gasteiger partial charge in [-0.2, -0.15) is 0 Å². The van der Waals surface area contributed by atoms with Crippen LogP contribution in [-0.2, 0) is 4.74 Å². The van der Waals surface area contributed by atoms with Gasteiger partial charge in [0, 0.05) is 36.1 Å². The number of halogens is 1. The van der Waals surface area contributed by atoms with Gasteiger partial charge in [-0.25, -0.2) is 0 Å². The molecule has 1 aliphatic rings. The maximum Gasteiger partial charge on any atom is 0.255 e. The Kier molecular flexibility index (Phi) is 6.18. The van der Waals surface area contributed by atoms with Gasteiger partial charge in [-0.15, -0.1) is 0 Å². The molecule has 7 heteroatoms. The van der Waals surface area contributed by atoms with E-state index in [9.17, 15) is 4.79 Å². The molecule has 0 aliphatic carbocycles. The quantitative estimate of drug-likeness (QED) is 0.544. The van der Waals surface area contributed by atoms with Crippen molar-refractivity contribution in [3.63, 3.8) is 0 Å². The highest BCUT2D eigenvalue weighted by molar-refractivity contribution is 6.33. The number of amides is 1. The van der Waals surface area contributed by atoms with Crippen molar-refractivity contribution in [1.82, 2.24) is 10.3 Å². The standard InChI is InChI=1S/C23H21ClN4O2/c24-19-9-8-17(13-18(19)20-3-1-2-10-27-20)28-23(29)16-6-4-15(5-7-16)22(25)21-14-26-11-12-30-21/h1-10,13,21,25-26H,11-12,14H2,(H,28,29). The number of nitrogens with zero attached hydrogens (tertiary/aromatic N) is 1. The number of carbonyl (C=O) groups excluding carboxylic acids is 1.